The van der Waals surface area contributed by atoms with Crippen molar-refractivity contribution in [3.8, 4) is 0 Å². The molecule has 5 rings (SSSR count). The SMILES string of the molecule is [C-]#N.[U+2].c1cc[n+]2c(c1)c1cccc3c4cccc[n+]4[c-]2[n+]13. The molecule has 5 aromatic rings. The van der Waals surface area contributed by atoms with Crippen LogP contribution in [-0.2, 0) is 0 Å². The van der Waals surface area contributed by atoms with Crippen LogP contribution >= 0.6 is 0 Å². The number of aromatic nitrogens is 3. The Morgan fingerprint density at radius 1 is 0.682 bits per heavy atom. The van der Waals surface area contributed by atoms with Crippen LogP contribution in [0.5, 0.6) is 0 Å². The van der Waals surface area contributed by atoms with Crippen LogP contribution in [0, 0.1) is 42.9 Å². The first kappa shape index (κ1) is 14.8. The van der Waals surface area contributed by atoms with Gasteiger partial charge in [0.2, 0.25) is 22.1 Å². The Kier molecular flexibility index (Phi) is 3.75. The molecule has 0 spiro atoms. The summed E-state index contributed by atoms with van der Waals surface area (Å²) in [5, 5.41) is 6.25. The predicted octanol–water partition coefficient (Wildman–Crippen LogP) is 1.31. The van der Waals surface area contributed by atoms with Gasteiger partial charge in [-0.2, -0.15) is 0 Å². The molecular formula is C17H11N4U+3. The van der Waals surface area contributed by atoms with E-state index in [1.54, 1.807) is 0 Å². The molecule has 0 aliphatic carbocycles. The fourth-order valence-electron chi connectivity index (χ4n) is 3.11. The molecule has 0 atom stereocenters. The van der Waals surface area contributed by atoms with E-state index < -0.39 is 0 Å². The number of hydrogen-bond acceptors (Lipinski definition) is 1. The Morgan fingerprint density at radius 2 is 1.14 bits per heavy atom. The summed E-state index contributed by atoms with van der Waals surface area (Å²) in [7, 11) is 0. The summed E-state index contributed by atoms with van der Waals surface area (Å²) >= 11 is 0. The third-order valence-electron chi connectivity index (χ3n) is 3.87. The van der Waals surface area contributed by atoms with Crippen LogP contribution in [-0.4, -0.2) is 0 Å². The smallest absolute Gasteiger partial charge is 0.512 e. The van der Waals surface area contributed by atoms with Gasteiger partial charge in [0.1, 0.15) is 12.4 Å². The molecule has 0 aliphatic rings. The van der Waals surface area contributed by atoms with Gasteiger partial charge in [-0.05, 0) is 36.4 Å². The van der Waals surface area contributed by atoms with E-state index in [2.05, 4.69) is 80.2 Å². The van der Waals surface area contributed by atoms with E-state index in [9.17, 15) is 0 Å². The average molecular weight is 509 g/mol. The van der Waals surface area contributed by atoms with Gasteiger partial charge in [0, 0.05) is 0 Å². The van der Waals surface area contributed by atoms with Crippen LogP contribution in [0.15, 0.2) is 67.0 Å². The van der Waals surface area contributed by atoms with Crippen molar-refractivity contribution in [2.75, 3.05) is 0 Å². The molecule has 0 amide bonds. The summed E-state index contributed by atoms with van der Waals surface area (Å²) < 4.78 is 6.81. The fourth-order valence-corrected chi connectivity index (χ4v) is 3.11. The van der Waals surface area contributed by atoms with Crippen LogP contribution in [0.1, 0.15) is 0 Å². The molecule has 5 heterocycles. The normalized spacial score (nSPS) is 10.6. The maximum absolute atomic E-state index is 6.25. The van der Waals surface area contributed by atoms with Gasteiger partial charge in [-0.3, -0.25) is 0 Å². The molecule has 0 radical (unpaired) electrons. The summed E-state index contributed by atoms with van der Waals surface area (Å²) in [6.07, 6.45) is 4.24. The molecule has 0 aromatic carbocycles. The molecule has 4 nitrogen and oxygen atoms in total. The van der Waals surface area contributed by atoms with Gasteiger partial charge in [0.05, 0.1) is 0 Å². The number of nitrogens with zero attached hydrogens (tertiary/aromatic N) is 4. The minimum Gasteiger partial charge on any atom is -0.512 e. The molecule has 0 N–H and O–H groups in total. The van der Waals surface area contributed by atoms with Gasteiger partial charge in [0.25, 0.3) is 0 Å². The van der Waals surface area contributed by atoms with Crippen molar-refractivity contribution in [1.82, 2.24) is 0 Å². The van der Waals surface area contributed by atoms with E-state index >= 15 is 0 Å². The fraction of sp³-hybridized carbons (Fsp3) is 0. The first-order valence-corrected chi connectivity index (χ1v) is 6.63. The molecule has 0 bridgehead atoms. The molecule has 22 heavy (non-hydrogen) atoms. The first-order valence-electron chi connectivity index (χ1n) is 6.63. The average Bonchev–Trinajstić information content (AvgIpc) is 3.09. The van der Waals surface area contributed by atoms with Crippen molar-refractivity contribution in [2.24, 2.45) is 0 Å². The zero-order valence-electron chi connectivity index (χ0n) is 11.6. The van der Waals surface area contributed by atoms with Crippen LogP contribution < -0.4 is 13.2 Å². The van der Waals surface area contributed by atoms with E-state index in [-0.39, 0.29) is 31.1 Å². The van der Waals surface area contributed by atoms with Gasteiger partial charge in [-0.15, -0.1) is 13.2 Å². The van der Waals surface area contributed by atoms with Crippen molar-refractivity contribution in [2.45, 2.75) is 0 Å². The molecule has 0 unspecified atom stereocenters. The van der Waals surface area contributed by atoms with Crippen LogP contribution in [0.4, 0.5) is 0 Å². The van der Waals surface area contributed by atoms with Gasteiger partial charge < -0.3 is 11.8 Å². The summed E-state index contributed by atoms with van der Waals surface area (Å²) in [6, 6.07) is 19.1. The Hall–Kier alpha value is -2.14. The molecule has 5 heteroatoms. The Bertz CT molecular complexity index is 1030. The maximum atomic E-state index is 6.25. The standard InChI is InChI=1S/C16H11N3.CN.U/c1-3-10-17-12(6-1)14-8-5-9-15-13-7-2-4-11-18(13)16(17)19(14)15;1-2;/h1-11H;;/q+2;-1;+2. The van der Waals surface area contributed by atoms with E-state index in [1.807, 2.05) is 0 Å². The largest absolute Gasteiger partial charge is 2.00 e. The van der Waals surface area contributed by atoms with E-state index in [1.165, 1.54) is 27.8 Å². The zero-order valence-corrected chi connectivity index (χ0v) is 15.8. The Morgan fingerprint density at radius 3 is 1.64 bits per heavy atom. The number of pyridine rings is 3. The minimum absolute atomic E-state index is 0. The maximum Gasteiger partial charge on any atom is 2.00 e. The molecule has 100 valence electrons. The molecule has 0 saturated heterocycles. The summed E-state index contributed by atoms with van der Waals surface area (Å²) in [4.78, 5) is 0. The van der Waals surface area contributed by atoms with E-state index in [0.29, 0.717) is 0 Å². The molecular weight excluding hydrogens is 498 g/mol. The van der Waals surface area contributed by atoms with Gasteiger partial charge >= 0.3 is 36.9 Å². The molecule has 0 aliphatic heterocycles. The Labute approximate surface area is 150 Å². The third-order valence-corrected chi connectivity index (χ3v) is 3.87. The van der Waals surface area contributed by atoms with Crippen molar-refractivity contribution >= 4 is 27.8 Å². The van der Waals surface area contributed by atoms with Crippen LogP contribution in [0.25, 0.3) is 27.8 Å². The van der Waals surface area contributed by atoms with Gasteiger partial charge in [-0.25, -0.2) is 0 Å². The number of rotatable bonds is 0. The van der Waals surface area contributed by atoms with E-state index in [4.69, 9.17) is 11.8 Å². The topological polar surface area (TPSA) is 36.1 Å². The number of hydrogen-bond donors (Lipinski definition) is 0. The minimum atomic E-state index is 0. The number of imidazole rings is 2. The zero-order chi connectivity index (χ0) is 14.4. The summed E-state index contributed by atoms with van der Waals surface area (Å²) in [5.74, 6) is 1.18. The molecule has 0 fully saturated rings. The summed E-state index contributed by atoms with van der Waals surface area (Å²) in [5.41, 5.74) is 4.97. The Balaban J connectivity index is 0.000000463. The third kappa shape index (κ3) is 1.75. The first-order chi connectivity index (χ1) is 10.4. The van der Waals surface area contributed by atoms with Gasteiger partial charge in [0.15, 0.2) is 0 Å². The second-order valence-electron chi connectivity index (χ2n) is 4.84. The van der Waals surface area contributed by atoms with E-state index in [0.717, 1.165) is 0 Å². The second kappa shape index (κ2) is 5.57. The van der Waals surface area contributed by atoms with Crippen molar-refractivity contribution in [1.29, 1.82) is 5.26 Å². The molecule has 0 saturated carbocycles. The second-order valence-corrected chi connectivity index (χ2v) is 4.84. The quantitative estimate of drug-likeness (QED) is 0.229. The van der Waals surface area contributed by atoms with Crippen molar-refractivity contribution in [3.05, 3.63) is 73.6 Å². The monoisotopic (exact) mass is 509 g/mol. The molecule has 5 aromatic heterocycles. The van der Waals surface area contributed by atoms with Crippen LogP contribution in [0.3, 0.4) is 0 Å². The number of fused-ring (bicyclic) bond motifs is 6. The predicted molar refractivity (Wildman–Crippen MR) is 75.2 cm³/mol. The van der Waals surface area contributed by atoms with Crippen molar-refractivity contribution < 1.29 is 44.3 Å². The van der Waals surface area contributed by atoms with Crippen LogP contribution in [0.2, 0.25) is 0 Å². The van der Waals surface area contributed by atoms with Crippen molar-refractivity contribution in [3.63, 3.8) is 0 Å². The van der Waals surface area contributed by atoms with Gasteiger partial charge in [-0.1, -0.05) is 18.2 Å². The summed E-state index contributed by atoms with van der Waals surface area (Å²) in [6.45, 7) is 4.75.